The van der Waals surface area contributed by atoms with Crippen molar-refractivity contribution in [1.82, 2.24) is 5.32 Å². The molecule has 6 heteroatoms. The molecule has 0 fully saturated rings. The van der Waals surface area contributed by atoms with E-state index in [4.69, 9.17) is 33.3 Å². The van der Waals surface area contributed by atoms with Gasteiger partial charge in [0.2, 0.25) is 0 Å². The van der Waals surface area contributed by atoms with E-state index in [9.17, 15) is 0 Å². The second kappa shape index (κ2) is 10.2. The Hall–Kier alpha value is -1.98. The van der Waals surface area contributed by atoms with Crippen LogP contribution in [0.25, 0.3) is 0 Å². The zero-order valence-corrected chi connectivity index (χ0v) is 17.0. The van der Waals surface area contributed by atoms with E-state index in [-0.39, 0.29) is 0 Å². The second-order valence-electron chi connectivity index (χ2n) is 5.69. The largest absolute Gasteiger partial charge is 0.490 e. The first kappa shape index (κ1) is 20.3. The van der Waals surface area contributed by atoms with Gasteiger partial charge >= 0.3 is 0 Å². The number of hydrogen-bond acceptors (Lipinski definition) is 3. The Morgan fingerprint density at radius 3 is 2.54 bits per heavy atom. The fraction of sp³-hybridized carbons (Fsp3) is 0.350. The maximum absolute atomic E-state index is 6.13. The predicted octanol–water partition coefficient (Wildman–Crippen LogP) is 4.97. The summed E-state index contributed by atoms with van der Waals surface area (Å²) in [5.41, 5.74) is 3.05. The van der Waals surface area contributed by atoms with Gasteiger partial charge in [0.05, 0.1) is 13.2 Å². The Bertz CT molecular complexity index is 753. The van der Waals surface area contributed by atoms with Crippen LogP contribution < -0.4 is 20.1 Å². The summed E-state index contributed by atoms with van der Waals surface area (Å²) in [6, 6.07) is 11.7. The highest BCUT2D eigenvalue weighted by Crippen LogP contribution is 2.28. The number of hydrogen-bond donors (Lipinski definition) is 2. The number of halogens is 1. The Balaban J connectivity index is 1.89. The third-order valence-corrected chi connectivity index (χ3v) is 4.48. The van der Waals surface area contributed by atoms with Crippen molar-refractivity contribution in [2.75, 3.05) is 25.1 Å². The van der Waals surface area contributed by atoms with Crippen LogP contribution in [0, 0.1) is 6.92 Å². The monoisotopic (exact) mass is 392 g/mol. The molecule has 4 nitrogen and oxygen atoms in total. The molecular weight excluding hydrogens is 368 g/mol. The Kier molecular flexibility index (Phi) is 8.01. The fourth-order valence-corrected chi connectivity index (χ4v) is 2.87. The zero-order chi connectivity index (χ0) is 18.9. The van der Waals surface area contributed by atoms with Crippen molar-refractivity contribution >= 4 is 34.6 Å². The van der Waals surface area contributed by atoms with Crippen molar-refractivity contribution in [3.05, 3.63) is 52.5 Å². The Morgan fingerprint density at radius 2 is 1.81 bits per heavy atom. The molecule has 26 heavy (non-hydrogen) atoms. The smallest absolute Gasteiger partial charge is 0.170 e. The highest BCUT2D eigenvalue weighted by molar-refractivity contribution is 7.80. The van der Waals surface area contributed by atoms with Crippen LogP contribution in [-0.2, 0) is 6.42 Å². The Morgan fingerprint density at radius 1 is 1.08 bits per heavy atom. The van der Waals surface area contributed by atoms with E-state index < -0.39 is 0 Å². The quantitative estimate of drug-likeness (QED) is 0.620. The Labute approximate surface area is 165 Å². The molecular formula is C20H25ClN2O2S. The topological polar surface area (TPSA) is 42.5 Å². The van der Waals surface area contributed by atoms with Crippen LogP contribution >= 0.6 is 23.8 Å². The molecule has 0 spiro atoms. The van der Waals surface area contributed by atoms with Crippen molar-refractivity contribution in [2.45, 2.75) is 27.2 Å². The van der Waals surface area contributed by atoms with Crippen molar-refractivity contribution in [3.63, 3.8) is 0 Å². The van der Waals surface area contributed by atoms with E-state index in [1.54, 1.807) is 0 Å². The van der Waals surface area contributed by atoms with Gasteiger partial charge in [-0.25, -0.2) is 0 Å². The molecule has 2 aromatic carbocycles. The van der Waals surface area contributed by atoms with E-state index in [1.807, 2.05) is 57.2 Å². The number of nitrogens with one attached hydrogen (secondary N) is 2. The molecule has 0 radical (unpaired) electrons. The molecule has 140 valence electrons. The minimum absolute atomic E-state index is 0.575. The summed E-state index contributed by atoms with van der Waals surface area (Å²) in [5, 5.41) is 7.70. The highest BCUT2D eigenvalue weighted by Gasteiger charge is 2.07. The van der Waals surface area contributed by atoms with E-state index >= 15 is 0 Å². The fourth-order valence-electron chi connectivity index (χ4n) is 2.48. The molecule has 0 saturated heterocycles. The molecule has 0 aliphatic carbocycles. The minimum atomic E-state index is 0.575. The molecule has 0 saturated carbocycles. The maximum atomic E-state index is 6.13. The van der Waals surface area contributed by atoms with Gasteiger partial charge in [-0.15, -0.1) is 0 Å². The molecule has 0 aliphatic heterocycles. The summed E-state index contributed by atoms with van der Waals surface area (Å²) in [7, 11) is 0. The van der Waals surface area contributed by atoms with Gasteiger partial charge in [-0.2, -0.15) is 0 Å². The lowest BCUT2D eigenvalue weighted by Crippen LogP contribution is -2.30. The molecule has 0 bridgehead atoms. The van der Waals surface area contributed by atoms with Gasteiger partial charge in [-0.1, -0.05) is 23.7 Å². The maximum Gasteiger partial charge on any atom is 0.170 e. The minimum Gasteiger partial charge on any atom is -0.490 e. The number of benzene rings is 2. The SMILES string of the molecule is CCOc1ccc(CCNC(=S)Nc2cccc(Cl)c2C)cc1OCC. The van der Waals surface area contributed by atoms with Crippen molar-refractivity contribution < 1.29 is 9.47 Å². The van der Waals surface area contributed by atoms with Gasteiger partial charge < -0.3 is 20.1 Å². The lowest BCUT2D eigenvalue weighted by Gasteiger charge is -2.14. The lowest BCUT2D eigenvalue weighted by molar-refractivity contribution is 0.287. The second-order valence-corrected chi connectivity index (χ2v) is 6.51. The van der Waals surface area contributed by atoms with Gasteiger partial charge in [0.1, 0.15) is 0 Å². The van der Waals surface area contributed by atoms with Gasteiger partial charge in [0, 0.05) is 17.3 Å². The molecule has 2 aromatic rings. The molecule has 0 atom stereocenters. The lowest BCUT2D eigenvalue weighted by atomic mass is 10.1. The van der Waals surface area contributed by atoms with Gasteiger partial charge in [0.15, 0.2) is 16.6 Å². The summed E-state index contributed by atoms with van der Waals surface area (Å²) >= 11 is 11.5. The van der Waals surface area contributed by atoms with Crippen LogP contribution in [0.15, 0.2) is 36.4 Å². The van der Waals surface area contributed by atoms with Crippen molar-refractivity contribution in [1.29, 1.82) is 0 Å². The predicted molar refractivity (Wildman–Crippen MR) is 113 cm³/mol. The number of ether oxygens (including phenoxy) is 2. The molecule has 0 aromatic heterocycles. The van der Waals surface area contributed by atoms with Gasteiger partial charge in [-0.3, -0.25) is 0 Å². The molecule has 2 N–H and O–H groups in total. The third-order valence-electron chi connectivity index (χ3n) is 3.82. The molecule has 0 unspecified atom stereocenters. The number of rotatable bonds is 8. The van der Waals surface area contributed by atoms with E-state index in [0.717, 1.165) is 39.8 Å². The highest BCUT2D eigenvalue weighted by atomic mass is 35.5. The molecule has 0 amide bonds. The molecule has 2 rings (SSSR count). The van der Waals surface area contributed by atoms with Crippen LogP contribution in [0.4, 0.5) is 5.69 Å². The van der Waals surface area contributed by atoms with E-state index in [2.05, 4.69) is 10.6 Å². The van der Waals surface area contributed by atoms with Crippen molar-refractivity contribution in [2.24, 2.45) is 0 Å². The first-order valence-electron chi connectivity index (χ1n) is 8.73. The van der Waals surface area contributed by atoms with Gasteiger partial charge in [0.25, 0.3) is 0 Å². The van der Waals surface area contributed by atoms with Gasteiger partial charge in [-0.05, 0) is 74.8 Å². The average Bonchev–Trinajstić information content (AvgIpc) is 2.61. The van der Waals surface area contributed by atoms with Crippen LogP contribution in [0.5, 0.6) is 11.5 Å². The summed E-state index contributed by atoms with van der Waals surface area (Å²) < 4.78 is 11.3. The standard InChI is InChI=1S/C20H25ClN2O2S/c1-4-24-18-10-9-15(13-19(18)25-5-2)11-12-22-20(26)23-17-8-6-7-16(21)14(17)3/h6-10,13H,4-5,11-12H2,1-3H3,(H2,22,23,26). The molecule has 0 heterocycles. The van der Waals surface area contributed by atoms with Crippen LogP contribution in [0.2, 0.25) is 5.02 Å². The molecule has 0 aliphatic rings. The summed E-state index contributed by atoms with van der Waals surface area (Å²) in [5.74, 6) is 1.56. The van der Waals surface area contributed by atoms with Crippen LogP contribution in [0.1, 0.15) is 25.0 Å². The van der Waals surface area contributed by atoms with E-state index in [1.165, 1.54) is 0 Å². The average molecular weight is 393 g/mol. The number of anilines is 1. The zero-order valence-electron chi connectivity index (χ0n) is 15.4. The first-order valence-corrected chi connectivity index (χ1v) is 9.52. The van der Waals surface area contributed by atoms with Crippen molar-refractivity contribution in [3.8, 4) is 11.5 Å². The summed E-state index contributed by atoms with van der Waals surface area (Å²) in [6.07, 6.45) is 0.822. The summed E-state index contributed by atoms with van der Waals surface area (Å²) in [6.45, 7) is 7.82. The first-order chi connectivity index (χ1) is 12.5. The van der Waals surface area contributed by atoms with Crippen LogP contribution in [-0.4, -0.2) is 24.9 Å². The normalized spacial score (nSPS) is 10.3. The van der Waals surface area contributed by atoms with Crippen LogP contribution in [0.3, 0.4) is 0 Å². The third kappa shape index (κ3) is 5.78. The summed E-state index contributed by atoms with van der Waals surface area (Å²) in [4.78, 5) is 0. The number of thiocarbonyl (C=S) groups is 1. The van der Waals surface area contributed by atoms with E-state index in [0.29, 0.717) is 24.9 Å².